The van der Waals surface area contributed by atoms with Crippen molar-refractivity contribution in [2.45, 2.75) is 18.7 Å². The molecule has 5 nitrogen and oxygen atoms in total. The Kier molecular flexibility index (Phi) is 4.18. The summed E-state index contributed by atoms with van der Waals surface area (Å²) >= 11 is 7.78. The second kappa shape index (κ2) is 6.72. The minimum Gasteiger partial charge on any atom is -0.507 e. The molecule has 0 aliphatic carbocycles. The Bertz CT molecular complexity index is 1070. The van der Waals surface area contributed by atoms with E-state index in [4.69, 9.17) is 26.2 Å². The number of hydrogen-bond donors (Lipinski definition) is 1. The number of aromatic hydroxyl groups is 1. The lowest BCUT2D eigenvalue weighted by atomic mass is 9.95. The first-order chi connectivity index (χ1) is 13.7. The predicted molar refractivity (Wildman–Crippen MR) is 110 cm³/mol. The molecule has 1 aromatic heterocycles. The Hall–Kier alpha value is -2.70. The summed E-state index contributed by atoms with van der Waals surface area (Å²) in [4.78, 5) is 0. The van der Waals surface area contributed by atoms with E-state index in [0.717, 1.165) is 22.6 Å². The van der Waals surface area contributed by atoms with Crippen molar-refractivity contribution in [3.05, 3.63) is 74.9 Å². The van der Waals surface area contributed by atoms with Gasteiger partial charge in [-0.2, -0.15) is 16.4 Å². The van der Waals surface area contributed by atoms with Crippen molar-refractivity contribution in [2.75, 3.05) is 7.11 Å². The first-order valence-electron chi connectivity index (χ1n) is 8.86. The van der Waals surface area contributed by atoms with Gasteiger partial charge < -0.3 is 14.6 Å². The molecule has 7 heteroatoms. The summed E-state index contributed by atoms with van der Waals surface area (Å²) in [6, 6.07) is 12.9. The molecular formula is C21H17ClN2O3S. The van der Waals surface area contributed by atoms with Crippen molar-refractivity contribution in [2.24, 2.45) is 5.10 Å². The van der Waals surface area contributed by atoms with Crippen LogP contribution in [0.5, 0.6) is 17.2 Å². The number of benzene rings is 2. The highest BCUT2D eigenvalue weighted by molar-refractivity contribution is 7.07. The van der Waals surface area contributed by atoms with E-state index in [1.165, 1.54) is 0 Å². The number of rotatable bonds is 3. The molecule has 0 amide bonds. The second-order valence-corrected chi connectivity index (χ2v) is 7.93. The highest BCUT2D eigenvalue weighted by Gasteiger charge is 2.42. The zero-order valence-corrected chi connectivity index (χ0v) is 16.6. The first-order valence-corrected chi connectivity index (χ1v) is 10.2. The van der Waals surface area contributed by atoms with Crippen LogP contribution < -0.4 is 9.47 Å². The number of hydrazone groups is 1. The molecule has 5 rings (SSSR count). The number of phenols is 1. The minimum absolute atomic E-state index is 0.0165. The number of nitrogens with zero attached hydrogens (tertiary/aromatic N) is 2. The van der Waals surface area contributed by atoms with Crippen molar-refractivity contribution in [1.82, 2.24) is 5.01 Å². The van der Waals surface area contributed by atoms with Gasteiger partial charge in [0.05, 0.1) is 18.9 Å². The zero-order chi connectivity index (χ0) is 19.3. The lowest BCUT2D eigenvalue weighted by Gasteiger charge is -2.38. The van der Waals surface area contributed by atoms with Gasteiger partial charge in [-0.05, 0) is 41.1 Å². The monoisotopic (exact) mass is 412 g/mol. The maximum atomic E-state index is 10.3. The number of para-hydroxylation sites is 1. The number of hydrogen-bond acceptors (Lipinski definition) is 6. The van der Waals surface area contributed by atoms with Crippen molar-refractivity contribution < 1.29 is 14.6 Å². The Morgan fingerprint density at radius 3 is 2.96 bits per heavy atom. The summed E-state index contributed by atoms with van der Waals surface area (Å²) in [7, 11) is 1.64. The average Bonchev–Trinajstić information content (AvgIpc) is 3.39. The maximum absolute atomic E-state index is 10.3. The van der Waals surface area contributed by atoms with Crippen molar-refractivity contribution in [3.63, 3.8) is 0 Å². The highest BCUT2D eigenvalue weighted by Crippen LogP contribution is 2.51. The summed E-state index contributed by atoms with van der Waals surface area (Å²) < 4.78 is 11.9. The van der Waals surface area contributed by atoms with Crippen LogP contribution in [0.4, 0.5) is 0 Å². The number of phenolic OH excluding ortho intramolecular Hbond substituents is 1. The summed E-state index contributed by atoms with van der Waals surface area (Å²) in [5.41, 5.74) is 3.48. The molecule has 3 aromatic rings. The van der Waals surface area contributed by atoms with Gasteiger partial charge >= 0.3 is 0 Å². The quantitative estimate of drug-likeness (QED) is 0.629. The van der Waals surface area contributed by atoms with E-state index >= 15 is 0 Å². The van der Waals surface area contributed by atoms with Gasteiger partial charge in [0.2, 0.25) is 6.23 Å². The number of methoxy groups -OCH3 is 1. The topological polar surface area (TPSA) is 54.3 Å². The Morgan fingerprint density at radius 2 is 2.18 bits per heavy atom. The second-order valence-electron chi connectivity index (χ2n) is 6.71. The van der Waals surface area contributed by atoms with Gasteiger partial charge in [-0.25, -0.2) is 5.01 Å². The van der Waals surface area contributed by atoms with Crippen molar-refractivity contribution in [3.8, 4) is 17.2 Å². The lowest BCUT2D eigenvalue weighted by Crippen LogP contribution is -2.33. The molecule has 0 fully saturated rings. The Balaban J connectivity index is 1.64. The molecule has 0 radical (unpaired) electrons. The van der Waals surface area contributed by atoms with Crippen LogP contribution in [0.1, 0.15) is 35.4 Å². The van der Waals surface area contributed by atoms with Crippen LogP contribution in [0.25, 0.3) is 0 Å². The SMILES string of the molecule is COc1cccc2c1O[C@H](c1ccsc1)N1N=C(c3cc(Cl)ccc3O)C[C@H]21. The normalized spacial score (nSPS) is 20.2. The third kappa shape index (κ3) is 2.72. The molecule has 2 atom stereocenters. The fraction of sp³-hybridized carbons (Fsp3) is 0.190. The molecule has 0 bridgehead atoms. The van der Waals surface area contributed by atoms with Gasteiger partial charge in [0.1, 0.15) is 5.75 Å². The van der Waals surface area contributed by atoms with Gasteiger partial charge in [0, 0.05) is 28.1 Å². The molecular weight excluding hydrogens is 396 g/mol. The standard InChI is InChI=1S/C21H17ClN2O3S/c1-26-19-4-2-3-14-17-10-16(15-9-13(22)5-6-18(15)25)23-24(17)21(27-20(14)19)12-7-8-28-11-12/h2-9,11,17,21,25H,10H2,1H3/t17-,21-/m1/s1. The molecule has 0 spiro atoms. The van der Waals surface area contributed by atoms with Gasteiger partial charge in [-0.3, -0.25) is 0 Å². The fourth-order valence-electron chi connectivity index (χ4n) is 3.78. The average molecular weight is 413 g/mol. The molecule has 3 heterocycles. The van der Waals surface area contributed by atoms with Crippen LogP contribution in [0.3, 0.4) is 0 Å². The van der Waals surface area contributed by atoms with E-state index < -0.39 is 0 Å². The minimum atomic E-state index is -0.362. The maximum Gasteiger partial charge on any atom is 0.214 e. The molecule has 1 N–H and O–H groups in total. The van der Waals surface area contributed by atoms with E-state index in [-0.39, 0.29) is 18.0 Å². The number of halogens is 1. The van der Waals surface area contributed by atoms with Crippen LogP contribution in [0.2, 0.25) is 5.02 Å². The molecule has 2 aliphatic rings. The largest absolute Gasteiger partial charge is 0.507 e. The Morgan fingerprint density at radius 1 is 1.29 bits per heavy atom. The summed E-state index contributed by atoms with van der Waals surface area (Å²) in [6.07, 6.45) is 0.275. The van der Waals surface area contributed by atoms with Gasteiger partial charge in [-0.1, -0.05) is 23.7 Å². The summed E-state index contributed by atoms with van der Waals surface area (Å²) in [5, 5.41) is 21.8. The van der Waals surface area contributed by atoms with Crippen LogP contribution in [-0.2, 0) is 0 Å². The fourth-order valence-corrected chi connectivity index (χ4v) is 4.62. The van der Waals surface area contributed by atoms with E-state index in [9.17, 15) is 5.11 Å². The summed E-state index contributed by atoms with van der Waals surface area (Å²) in [6.45, 7) is 0. The molecule has 0 saturated carbocycles. The van der Waals surface area contributed by atoms with E-state index in [1.807, 2.05) is 34.7 Å². The van der Waals surface area contributed by atoms with Gasteiger partial charge in [0.25, 0.3) is 0 Å². The van der Waals surface area contributed by atoms with E-state index in [1.54, 1.807) is 36.6 Å². The van der Waals surface area contributed by atoms with Crippen LogP contribution in [0, 0.1) is 0 Å². The zero-order valence-electron chi connectivity index (χ0n) is 15.0. The third-order valence-electron chi connectivity index (χ3n) is 5.10. The van der Waals surface area contributed by atoms with Gasteiger partial charge in [0.15, 0.2) is 11.5 Å². The Labute approximate surface area is 171 Å². The van der Waals surface area contributed by atoms with Crippen LogP contribution in [-0.4, -0.2) is 22.9 Å². The molecule has 2 aliphatic heterocycles. The van der Waals surface area contributed by atoms with Crippen molar-refractivity contribution >= 4 is 28.6 Å². The number of ether oxygens (including phenoxy) is 2. The predicted octanol–water partition coefficient (Wildman–Crippen LogP) is 5.36. The lowest BCUT2D eigenvalue weighted by molar-refractivity contribution is -0.0206. The van der Waals surface area contributed by atoms with Crippen molar-refractivity contribution in [1.29, 1.82) is 0 Å². The van der Waals surface area contributed by atoms with Crippen LogP contribution in [0.15, 0.2) is 58.3 Å². The number of fused-ring (bicyclic) bond motifs is 3. The molecule has 28 heavy (non-hydrogen) atoms. The van der Waals surface area contributed by atoms with E-state index in [0.29, 0.717) is 22.8 Å². The highest BCUT2D eigenvalue weighted by atomic mass is 35.5. The summed E-state index contributed by atoms with van der Waals surface area (Å²) in [5.74, 6) is 1.62. The number of thiophene rings is 1. The molecule has 2 aromatic carbocycles. The molecule has 0 saturated heterocycles. The van der Waals surface area contributed by atoms with Crippen LogP contribution >= 0.6 is 22.9 Å². The molecule has 142 valence electrons. The first kappa shape index (κ1) is 17.4. The smallest absolute Gasteiger partial charge is 0.214 e. The van der Waals surface area contributed by atoms with Gasteiger partial charge in [-0.15, -0.1) is 0 Å². The van der Waals surface area contributed by atoms with E-state index in [2.05, 4.69) is 5.38 Å². The molecule has 0 unspecified atom stereocenters. The third-order valence-corrected chi connectivity index (χ3v) is 6.03.